The molecule has 1 saturated heterocycles. The number of carbonyl (C=O) groups is 2. The van der Waals surface area contributed by atoms with Crippen LogP contribution in [0.2, 0.25) is 0 Å². The van der Waals surface area contributed by atoms with Crippen LogP contribution in [0.1, 0.15) is 67.9 Å². The number of hydrogen-bond donors (Lipinski definition) is 4. The molecule has 0 atom stereocenters. The van der Waals surface area contributed by atoms with Gasteiger partial charge in [-0.15, -0.1) is 0 Å². The van der Waals surface area contributed by atoms with Gasteiger partial charge in [-0.05, 0) is 82.7 Å². The zero-order valence-electron chi connectivity index (χ0n) is 22.6. The summed E-state index contributed by atoms with van der Waals surface area (Å²) in [6.07, 6.45) is 9.99. The number of rotatable bonds is 8. The fraction of sp³-hybridized carbons (Fsp3) is 0.448. The third-order valence-electron chi connectivity index (χ3n) is 6.53. The van der Waals surface area contributed by atoms with Crippen LogP contribution in [0, 0.1) is 12.3 Å². The minimum atomic E-state index is -0.497. The highest BCUT2D eigenvalue weighted by molar-refractivity contribution is 6.10. The number of aryl methyl sites for hydroxylation is 1. The monoisotopic (exact) mass is 518 g/mol. The summed E-state index contributed by atoms with van der Waals surface area (Å²) < 4.78 is 5.48. The molecular weight excluding hydrogens is 480 g/mol. The molecule has 2 heterocycles. The maximum atomic E-state index is 12.5. The summed E-state index contributed by atoms with van der Waals surface area (Å²) >= 11 is 0. The van der Waals surface area contributed by atoms with E-state index in [9.17, 15) is 9.59 Å². The number of amides is 2. The summed E-state index contributed by atoms with van der Waals surface area (Å²) in [4.78, 5) is 30.9. The van der Waals surface area contributed by atoms with E-state index in [4.69, 9.17) is 10.1 Å². The summed E-state index contributed by atoms with van der Waals surface area (Å²) in [7, 11) is 0. The van der Waals surface area contributed by atoms with Crippen molar-refractivity contribution in [3.05, 3.63) is 59.5 Å². The molecule has 1 aromatic carbocycles. The summed E-state index contributed by atoms with van der Waals surface area (Å²) in [5.41, 5.74) is 4.23. The second kappa shape index (κ2) is 11.7. The molecule has 0 spiro atoms. The van der Waals surface area contributed by atoms with Crippen molar-refractivity contribution >= 4 is 35.2 Å². The molecule has 1 aliphatic heterocycles. The van der Waals surface area contributed by atoms with Gasteiger partial charge >= 0.3 is 6.09 Å². The predicted molar refractivity (Wildman–Crippen MR) is 151 cm³/mol. The van der Waals surface area contributed by atoms with Crippen LogP contribution >= 0.6 is 0 Å². The van der Waals surface area contributed by atoms with Gasteiger partial charge in [-0.25, -0.2) is 4.79 Å². The van der Waals surface area contributed by atoms with E-state index in [1.807, 2.05) is 52.0 Å². The molecule has 0 radical (unpaired) electrons. The Morgan fingerprint density at radius 1 is 1.05 bits per heavy atom. The number of hydrogen-bond acceptors (Lipinski definition) is 7. The van der Waals surface area contributed by atoms with Crippen molar-refractivity contribution in [1.82, 2.24) is 15.2 Å². The smallest absolute Gasteiger partial charge is 0.410 e. The Bertz CT molecular complexity index is 1210. The molecule has 1 saturated carbocycles. The van der Waals surface area contributed by atoms with Gasteiger partial charge in [0.2, 0.25) is 0 Å². The molecular formula is C29H38N6O3. The van der Waals surface area contributed by atoms with Crippen LogP contribution in [0.3, 0.4) is 0 Å². The lowest BCUT2D eigenvalue weighted by molar-refractivity contribution is 0.0210. The van der Waals surface area contributed by atoms with Crippen molar-refractivity contribution in [3.8, 4) is 0 Å². The zero-order valence-corrected chi connectivity index (χ0v) is 22.6. The lowest BCUT2D eigenvalue weighted by atomic mass is 9.98. The number of pyridine rings is 1. The molecule has 2 aromatic rings. The average molecular weight is 519 g/mol. The second-order valence-electron chi connectivity index (χ2n) is 11.0. The molecule has 0 bridgehead atoms. The summed E-state index contributed by atoms with van der Waals surface area (Å²) in [5.74, 6) is -0.0778. The normalized spacial score (nSPS) is 16.5. The van der Waals surface area contributed by atoms with E-state index < -0.39 is 5.60 Å². The molecule has 38 heavy (non-hydrogen) atoms. The SMILES string of the molecule is Cc1ccc(C(=O)NC2CC2)cc1/C(C=N)=C/Nc1cncc(NC2CCN(C(=O)OC(C)(C)C)CC2)c1. The highest BCUT2D eigenvalue weighted by Crippen LogP contribution is 2.24. The van der Waals surface area contributed by atoms with E-state index >= 15 is 0 Å². The Kier molecular flexibility index (Phi) is 8.34. The third-order valence-corrected chi connectivity index (χ3v) is 6.53. The number of benzene rings is 1. The van der Waals surface area contributed by atoms with Gasteiger partial charge in [0.1, 0.15) is 5.60 Å². The number of carbonyl (C=O) groups excluding carboxylic acids is 2. The number of ether oxygens (including phenoxy) is 1. The zero-order chi connectivity index (χ0) is 27.3. The van der Waals surface area contributed by atoms with Crippen LogP contribution in [-0.2, 0) is 4.74 Å². The van der Waals surface area contributed by atoms with Gasteiger partial charge in [0.15, 0.2) is 0 Å². The molecule has 4 N–H and O–H groups in total. The van der Waals surface area contributed by atoms with Crippen molar-refractivity contribution in [3.63, 3.8) is 0 Å². The molecule has 1 aromatic heterocycles. The molecule has 202 valence electrons. The Balaban J connectivity index is 1.36. The van der Waals surface area contributed by atoms with Crippen LogP contribution in [0.4, 0.5) is 16.2 Å². The molecule has 2 fully saturated rings. The van der Waals surface area contributed by atoms with Crippen molar-refractivity contribution in [2.75, 3.05) is 23.7 Å². The number of aromatic nitrogens is 1. The van der Waals surface area contributed by atoms with Crippen LogP contribution in [0.15, 0.2) is 42.9 Å². The topological polar surface area (TPSA) is 119 Å². The number of likely N-dealkylation sites (tertiary alicyclic amines) is 1. The quantitative estimate of drug-likeness (QED) is 0.357. The number of nitrogens with zero attached hydrogens (tertiary/aromatic N) is 2. The summed E-state index contributed by atoms with van der Waals surface area (Å²) in [6, 6.07) is 8.06. The number of piperidine rings is 1. The Labute approximate surface area is 224 Å². The standard InChI is InChI=1S/C29H38N6O3/c1-19-5-6-20(27(36)34-22-7-8-22)13-26(19)21(15-30)16-32-24-14-25(18-31-17-24)33-23-9-11-35(12-10-23)28(37)38-29(2,3)4/h5-6,13-18,22-23,30,32-33H,7-12H2,1-4H3,(H,34,36)/b21-16+,30-15?. The first kappa shape index (κ1) is 27.2. The fourth-order valence-corrected chi connectivity index (χ4v) is 4.30. The number of nitrogens with one attached hydrogen (secondary N) is 4. The first-order chi connectivity index (χ1) is 18.1. The molecule has 9 nitrogen and oxygen atoms in total. The molecule has 2 aliphatic rings. The second-order valence-corrected chi connectivity index (χ2v) is 11.0. The highest BCUT2D eigenvalue weighted by atomic mass is 16.6. The van der Waals surface area contributed by atoms with Crippen molar-refractivity contribution in [1.29, 1.82) is 5.41 Å². The highest BCUT2D eigenvalue weighted by Gasteiger charge is 2.27. The van der Waals surface area contributed by atoms with Gasteiger partial charge in [0.05, 0.1) is 23.8 Å². The average Bonchev–Trinajstić information content (AvgIpc) is 3.69. The van der Waals surface area contributed by atoms with Gasteiger partial charge in [-0.1, -0.05) is 6.07 Å². The number of anilines is 2. The minimum absolute atomic E-state index is 0.0778. The van der Waals surface area contributed by atoms with Crippen molar-refractivity contribution < 1.29 is 14.3 Å². The summed E-state index contributed by atoms with van der Waals surface area (Å²) in [6.45, 7) is 8.87. The lowest BCUT2D eigenvalue weighted by Crippen LogP contribution is -2.44. The maximum absolute atomic E-state index is 12.5. The first-order valence-electron chi connectivity index (χ1n) is 13.2. The number of allylic oxidation sites excluding steroid dienone is 1. The van der Waals surface area contributed by atoms with Gasteiger partial charge in [-0.3, -0.25) is 9.78 Å². The maximum Gasteiger partial charge on any atom is 0.410 e. The Morgan fingerprint density at radius 2 is 1.76 bits per heavy atom. The van der Waals surface area contributed by atoms with Gasteiger partial charge in [0, 0.05) is 48.7 Å². The van der Waals surface area contributed by atoms with Crippen LogP contribution < -0.4 is 16.0 Å². The van der Waals surface area contributed by atoms with E-state index in [0.29, 0.717) is 24.2 Å². The largest absolute Gasteiger partial charge is 0.444 e. The van der Waals surface area contributed by atoms with E-state index in [-0.39, 0.29) is 24.1 Å². The molecule has 0 unspecified atom stereocenters. The fourth-order valence-electron chi connectivity index (χ4n) is 4.30. The van der Waals surface area contributed by atoms with E-state index in [1.165, 1.54) is 6.21 Å². The van der Waals surface area contributed by atoms with Gasteiger partial charge in [0.25, 0.3) is 5.91 Å². The Morgan fingerprint density at radius 3 is 2.42 bits per heavy atom. The van der Waals surface area contributed by atoms with Crippen LogP contribution in [-0.4, -0.2) is 58.9 Å². The van der Waals surface area contributed by atoms with Crippen LogP contribution in [0.25, 0.3) is 5.57 Å². The predicted octanol–water partition coefficient (Wildman–Crippen LogP) is 5.20. The minimum Gasteiger partial charge on any atom is -0.444 e. The Hall–Kier alpha value is -3.88. The first-order valence-corrected chi connectivity index (χ1v) is 13.2. The van der Waals surface area contributed by atoms with E-state index in [0.717, 1.165) is 48.2 Å². The van der Waals surface area contributed by atoms with Gasteiger partial charge in [-0.2, -0.15) is 0 Å². The summed E-state index contributed by atoms with van der Waals surface area (Å²) in [5, 5.41) is 17.8. The molecule has 1 aliphatic carbocycles. The molecule has 9 heteroatoms. The van der Waals surface area contributed by atoms with Crippen LogP contribution in [0.5, 0.6) is 0 Å². The van der Waals surface area contributed by atoms with Gasteiger partial charge < -0.3 is 31.0 Å². The van der Waals surface area contributed by atoms with Crippen molar-refractivity contribution in [2.45, 2.75) is 71.1 Å². The molecule has 2 amide bonds. The molecule has 4 rings (SSSR count). The van der Waals surface area contributed by atoms with Crippen molar-refractivity contribution in [2.24, 2.45) is 0 Å². The third kappa shape index (κ3) is 7.57. The van der Waals surface area contributed by atoms with E-state index in [2.05, 4.69) is 20.9 Å². The van der Waals surface area contributed by atoms with E-state index in [1.54, 1.807) is 23.5 Å². The lowest BCUT2D eigenvalue weighted by Gasteiger charge is -2.34.